The minimum absolute atomic E-state index is 0.0814. The Hall–Kier alpha value is -2.99. The second kappa shape index (κ2) is 8.60. The van der Waals surface area contributed by atoms with Gasteiger partial charge in [-0.15, -0.1) is 0 Å². The summed E-state index contributed by atoms with van der Waals surface area (Å²) in [6.07, 6.45) is 1.58. The van der Waals surface area contributed by atoms with Crippen molar-refractivity contribution >= 4 is 17.6 Å². The van der Waals surface area contributed by atoms with Crippen LogP contribution in [0.15, 0.2) is 53.1 Å². The molecule has 2 aromatic carbocycles. The van der Waals surface area contributed by atoms with E-state index < -0.39 is 5.97 Å². The first kappa shape index (κ1) is 18.8. The van der Waals surface area contributed by atoms with Gasteiger partial charge in [-0.05, 0) is 49.4 Å². The maximum absolute atomic E-state index is 12.3. The fourth-order valence-electron chi connectivity index (χ4n) is 2.40. The number of hydrogen-bond donors (Lipinski definition) is 0. The second-order valence-electron chi connectivity index (χ2n) is 5.50. The highest BCUT2D eigenvalue weighted by atomic mass is 35.5. The van der Waals surface area contributed by atoms with Crippen molar-refractivity contribution in [3.8, 4) is 22.8 Å². The molecule has 0 atom stereocenters. The van der Waals surface area contributed by atoms with Crippen LogP contribution in [0, 0.1) is 0 Å². The van der Waals surface area contributed by atoms with Gasteiger partial charge in [0.05, 0.1) is 25.5 Å². The summed E-state index contributed by atoms with van der Waals surface area (Å²) < 4.78 is 21.6. The van der Waals surface area contributed by atoms with E-state index in [-0.39, 0.29) is 6.61 Å². The van der Waals surface area contributed by atoms with Crippen LogP contribution >= 0.6 is 11.6 Å². The van der Waals surface area contributed by atoms with E-state index in [0.29, 0.717) is 40.3 Å². The molecule has 6 nitrogen and oxygen atoms in total. The maximum Gasteiger partial charge on any atom is 0.338 e. The van der Waals surface area contributed by atoms with Gasteiger partial charge in [-0.25, -0.2) is 9.78 Å². The van der Waals surface area contributed by atoms with Gasteiger partial charge in [-0.2, -0.15) is 0 Å². The summed E-state index contributed by atoms with van der Waals surface area (Å²) >= 11 is 5.88. The maximum atomic E-state index is 12.3. The first-order chi connectivity index (χ1) is 13.1. The molecule has 7 heteroatoms. The summed E-state index contributed by atoms with van der Waals surface area (Å²) in [6, 6.07) is 12.0. The molecule has 0 amide bonds. The average molecular weight is 388 g/mol. The van der Waals surface area contributed by atoms with Crippen LogP contribution in [0.3, 0.4) is 0 Å². The topological polar surface area (TPSA) is 70.8 Å². The number of carbonyl (C=O) groups excluding carboxylic acids is 1. The van der Waals surface area contributed by atoms with Crippen molar-refractivity contribution in [2.24, 2.45) is 0 Å². The fourth-order valence-corrected chi connectivity index (χ4v) is 2.53. The molecule has 0 bridgehead atoms. The zero-order valence-corrected chi connectivity index (χ0v) is 15.7. The third-order valence-electron chi connectivity index (χ3n) is 3.71. The number of esters is 1. The quantitative estimate of drug-likeness (QED) is 0.544. The number of aromatic nitrogens is 1. The third kappa shape index (κ3) is 4.60. The lowest BCUT2D eigenvalue weighted by Crippen LogP contribution is -2.06. The number of ether oxygens (including phenoxy) is 3. The van der Waals surface area contributed by atoms with Gasteiger partial charge in [-0.3, -0.25) is 0 Å². The summed E-state index contributed by atoms with van der Waals surface area (Å²) in [5, 5.41) is 0.637. The highest BCUT2D eigenvalue weighted by Crippen LogP contribution is 2.28. The van der Waals surface area contributed by atoms with Crippen LogP contribution in [0.4, 0.5) is 0 Å². The van der Waals surface area contributed by atoms with Crippen molar-refractivity contribution in [2.75, 3.05) is 13.7 Å². The molecule has 0 fully saturated rings. The predicted molar refractivity (Wildman–Crippen MR) is 100 cm³/mol. The molecule has 0 N–H and O–H groups in total. The molecule has 0 spiro atoms. The molecule has 0 saturated heterocycles. The first-order valence-corrected chi connectivity index (χ1v) is 8.67. The molecule has 1 heterocycles. The van der Waals surface area contributed by atoms with Gasteiger partial charge in [0.15, 0.2) is 23.9 Å². The molecule has 0 aliphatic heterocycles. The lowest BCUT2D eigenvalue weighted by molar-refractivity contribution is 0.0438. The second-order valence-corrected chi connectivity index (χ2v) is 5.94. The standard InChI is InChI=1S/C20H18ClNO5/c1-3-25-16-9-6-14(10-17(16)24-2)20(23)26-12-19-22-11-18(27-19)13-4-7-15(21)8-5-13/h4-11H,3,12H2,1-2H3. The molecule has 1 aromatic heterocycles. The first-order valence-electron chi connectivity index (χ1n) is 8.29. The number of halogens is 1. The molecular formula is C20H18ClNO5. The molecule has 3 rings (SSSR count). The number of methoxy groups -OCH3 is 1. The Bertz CT molecular complexity index is 920. The summed E-state index contributed by atoms with van der Waals surface area (Å²) in [5.74, 6) is 1.39. The normalized spacial score (nSPS) is 10.5. The number of hydrogen-bond acceptors (Lipinski definition) is 6. The summed E-state index contributed by atoms with van der Waals surface area (Å²) in [5.41, 5.74) is 1.18. The van der Waals surface area contributed by atoms with Gasteiger partial charge >= 0.3 is 5.97 Å². The zero-order chi connectivity index (χ0) is 19.2. The summed E-state index contributed by atoms with van der Waals surface area (Å²) in [4.78, 5) is 16.4. The Labute approximate surface area is 161 Å². The minimum Gasteiger partial charge on any atom is -0.493 e. The Morgan fingerprint density at radius 1 is 1.15 bits per heavy atom. The third-order valence-corrected chi connectivity index (χ3v) is 3.96. The van der Waals surface area contributed by atoms with E-state index in [2.05, 4.69) is 4.98 Å². The van der Waals surface area contributed by atoms with Crippen LogP contribution in [0.25, 0.3) is 11.3 Å². The average Bonchev–Trinajstić information content (AvgIpc) is 3.16. The zero-order valence-electron chi connectivity index (χ0n) is 14.9. The van der Waals surface area contributed by atoms with Crippen molar-refractivity contribution in [2.45, 2.75) is 13.5 Å². The number of carbonyl (C=O) groups is 1. The summed E-state index contributed by atoms with van der Waals surface area (Å²) in [7, 11) is 1.51. The lowest BCUT2D eigenvalue weighted by atomic mass is 10.2. The van der Waals surface area contributed by atoms with Crippen LogP contribution in [-0.2, 0) is 11.3 Å². The smallest absolute Gasteiger partial charge is 0.338 e. The highest BCUT2D eigenvalue weighted by molar-refractivity contribution is 6.30. The lowest BCUT2D eigenvalue weighted by Gasteiger charge is -2.10. The van der Waals surface area contributed by atoms with Crippen LogP contribution in [0.5, 0.6) is 11.5 Å². The van der Waals surface area contributed by atoms with Gasteiger partial charge in [0, 0.05) is 10.6 Å². The Kier molecular flexibility index (Phi) is 5.98. The molecule has 140 valence electrons. The van der Waals surface area contributed by atoms with Gasteiger partial charge in [0.1, 0.15) is 0 Å². The van der Waals surface area contributed by atoms with E-state index in [1.54, 1.807) is 36.5 Å². The van der Waals surface area contributed by atoms with Gasteiger partial charge in [-0.1, -0.05) is 11.6 Å². The largest absolute Gasteiger partial charge is 0.493 e. The summed E-state index contributed by atoms with van der Waals surface area (Å²) in [6.45, 7) is 2.29. The number of nitrogens with zero attached hydrogens (tertiary/aromatic N) is 1. The molecule has 0 unspecified atom stereocenters. The van der Waals surface area contributed by atoms with Crippen LogP contribution in [0.2, 0.25) is 5.02 Å². The van der Waals surface area contributed by atoms with E-state index in [0.717, 1.165) is 5.56 Å². The van der Waals surface area contributed by atoms with Gasteiger partial charge in [0.2, 0.25) is 5.89 Å². The SMILES string of the molecule is CCOc1ccc(C(=O)OCc2ncc(-c3ccc(Cl)cc3)o2)cc1OC. The molecule has 0 radical (unpaired) electrons. The fraction of sp³-hybridized carbons (Fsp3) is 0.200. The molecule has 0 aliphatic rings. The van der Waals surface area contributed by atoms with Crippen molar-refractivity contribution < 1.29 is 23.4 Å². The van der Waals surface area contributed by atoms with Crippen LogP contribution in [-0.4, -0.2) is 24.7 Å². The van der Waals surface area contributed by atoms with E-state index in [9.17, 15) is 4.79 Å². The van der Waals surface area contributed by atoms with Crippen molar-refractivity contribution in [1.29, 1.82) is 0 Å². The Morgan fingerprint density at radius 3 is 2.63 bits per heavy atom. The van der Waals surface area contributed by atoms with E-state index >= 15 is 0 Å². The van der Waals surface area contributed by atoms with Gasteiger partial charge in [0.25, 0.3) is 0 Å². The molecular weight excluding hydrogens is 370 g/mol. The van der Waals surface area contributed by atoms with Crippen LogP contribution < -0.4 is 9.47 Å². The van der Waals surface area contributed by atoms with E-state index in [1.807, 2.05) is 19.1 Å². The van der Waals surface area contributed by atoms with Gasteiger partial charge < -0.3 is 18.6 Å². The Morgan fingerprint density at radius 2 is 1.93 bits per heavy atom. The number of rotatable bonds is 7. The van der Waals surface area contributed by atoms with Crippen molar-refractivity contribution in [3.63, 3.8) is 0 Å². The van der Waals surface area contributed by atoms with E-state index in [1.165, 1.54) is 7.11 Å². The van der Waals surface area contributed by atoms with Crippen molar-refractivity contribution in [1.82, 2.24) is 4.98 Å². The molecule has 27 heavy (non-hydrogen) atoms. The number of benzene rings is 2. The molecule has 0 aliphatic carbocycles. The monoisotopic (exact) mass is 387 g/mol. The minimum atomic E-state index is -0.511. The Balaban J connectivity index is 1.65. The molecule has 0 saturated carbocycles. The van der Waals surface area contributed by atoms with Crippen molar-refractivity contribution in [3.05, 3.63) is 65.1 Å². The molecule has 3 aromatic rings. The van der Waals surface area contributed by atoms with E-state index in [4.69, 9.17) is 30.2 Å². The predicted octanol–water partition coefficient (Wildman–Crippen LogP) is 4.76. The van der Waals surface area contributed by atoms with Crippen LogP contribution in [0.1, 0.15) is 23.2 Å². The number of oxazole rings is 1. The highest BCUT2D eigenvalue weighted by Gasteiger charge is 2.14.